The van der Waals surface area contributed by atoms with E-state index in [1.54, 1.807) is 0 Å². The van der Waals surface area contributed by atoms with Gasteiger partial charge < -0.3 is 9.88 Å². The first-order valence-corrected chi connectivity index (χ1v) is 7.95. The van der Waals surface area contributed by atoms with Crippen LogP contribution in [0.1, 0.15) is 35.2 Å². The Morgan fingerprint density at radius 2 is 2.14 bits per heavy atom. The van der Waals surface area contributed by atoms with Crippen molar-refractivity contribution < 1.29 is 4.79 Å². The largest absolute Gasteiger partial charge is 0.351 e. The molecular weight excluding hydrogens is 332 g/mol. The summed E-state index contributed by atoms with van der Waals surface area (Å²) in [6, 6.07) is 3.91. The number of halogens is 1. The van der Waals surface area contributed by atoms with Crippen LogP contribution in [0, 0.1) is 13.8 Å². The number of aromatic nitrogens is 3. The molecule has 0 radical (unpaired) electrons. The van der Waals surface area contributed by atoms with E-state index in [0.717, 1.165) is 35.4 Å². The number of aryl methyl sites for hydroxylation is 4. The molecule has 2 rings (SSSR count). The number of rotatable bonds is 6. The number of hydrogen-bond donors (Lipinski definition) is 1. The number of carbonyl (C=O) groups is 1. The summed E-state index contributed by atoms with van der Waals surface area (Å²) in [4.78, 5) is 12.1. The zero-order valence-electron chi connectivity index (χ0n) is 12.7. The average Bonchev–Trinajstić information content (AvgIpc) is 2.97. The Hall–Kier alpha value is -1.56. The van der Waals surface area contributed by atoms with E-state index in [9.17, 15) is 4.79 Å². The van der Waals surface area contributed by atoms with Gasteiger partial charge in [-0.15, -0.1) is 0 Å². The average molecular weight is 353 g/mol. The van der Waals surface area contributed by atoms with Gasteiger partial charge in [0.15, 0.2) is 0 Å². The molecule has 0 aliphatic heterocycles. The minimum Gasteiger partial charge on any atom is -0.351 e. The maximum absolute atomic E-state index is 12.1. The molecule has 0 saturated heterocycles. The lowest BCUT2D eigenvalue weighted by Gasteiger charge is -2.08. The van der Waals surface area contributed by atoms with E-state index < -0.39 is 0 Å². The first kappa shape index (κ1) is 15.8. The molecule has 0 aliphatic carbocycles. The molecule has 0 bridgehead atoms. The fraction of sp³-hybridized carbons (Fsp3) is 0.467. The number of nitrogens with zero attached hydrogens (tertiary/aromatic N) is 3. The number of amides is 1. The lowest BCUT2D eigenvalue weighted by Crippen LogP contribution is -2.27. The molecule has 0 unspecified atom stereocenters. The minimum absolute atomic E-state index is 0.0316. The number of nitrogens with one attached hydrogen (secondary N) is 1. The van der Waals surface area contributed by atoms with Crippen LogP contribution in [0.15, 0.2) is 22.8 Å². The molecular formula is C15H21BrN4O. The fourth-order valence-electron chi connectivity index (χ4n) is 2.35. The molecule has 1 N–H and O–H groups in total. The second kappa shape index (κ2) is 6.93. The van der Waals surface area contributed by atoms with Crippen molar-refractivity contribution >= 4 is 21.8 Å². The van der Waals surface area contributed by atoms with Crippen molar-refractivity contribution in [2.24, 2.45) is 0 Å². The van der Waals surface area contributed by atoms with Gasteiger partial charge in [0.1, 0.15) is 5.69 Å². The van der Waals surface area contributed by atoms with Gasteiger partial charge in [-0.05, 0) is 55.3 Å². The third-order valence-corrected chi connectivity index (χ3v) is 3.81. The van der Waals surface area contributed by atoms with Crippen molar-refractivity contribution in [1.82, 2.24) is 19.7 Å². The van der Waals surface area contributed by atoms with Crippen molar-refractivity contribution in [3.8, 4) is 0 Å². The summed E-state index contributed by atoms with van der Waals surface area (Å²) < 4.78 is 4.84. The van der Waals surface area contributed by atoms with Crippen LogP contribution in [0.25, 0.3) is 0 Å². The molecule has 0 aromatic carbocycles. The summed E-state index contributed by atoms with van der Waals surface area (Å²) in [7, 11) is 0. The molecule has 0 aliphatic rings. The molecule has 5 nitrogen and oxygen atoms in total. The van der Waals surface area contributed by atoms with Gasteiger partial charge in [0.25, 0.3) is 5.91 Å². The molecule has 114 valence electrons. The predicted molar refractivity (Wildman–Crippen MR) is 86.5 cm³/mol. The SMILES string of the molecule is CCn1cc(Br)cc1C(=O)NCCCn1nc(C)cc1C. The van der Waals surface area contributed by atoms with Crippen molar-refractivity contribution in [1.29, 1.82) is 0 Å². The lowest BCUT2D eigenvalue weighted by molar-refractivity contribution is 0.0943. The van der Waals surface area contributed by atoms with Gasteiger partial charge in [-0.25, -0.2) is 0 Å². The van der Waals surface area contributed by atoms with Crippen molar-refractivity contribution in [2.45, 2.75) is 40.3 Å². The van der Waals surface area contributed by atoms with Gasteiger partial charge in [0.05, 0.1) is 5.69 Å². The van der Waals surface area contributed by atoms with Crippen molar-refractivity contribution in [3.05, 3.63) is 39.9 Å². The quantitative estimate of drug-likeness (QED) is 0.812. The Bertz CT molecular complexity index is 630. The second-order valence-corrected chi connectivity index (χ2v) is 6.00. The maximum atomic E-state index is 12.1. The van der Waals surface area contributed by atoms with Gasteiger partial charge in [0.2, 0.25) is 0 Å². The molecule has 0 spiro atoms. The predicted octanol–water partition coefficient (Wildman–Crippen LogP) is 2.90. The van der Waals surface area contributed by atoms with E-state index >= 15 is 0 Å². The highest BCUT2D eigenvalue weighted by Gasteiger charge is 2.11. The Morgan fingerprint density at radius 1 is 1.38 bits per heavy atom. The highest BCUT2D eigenvalue weighted by molar-refractivity contribution is 9.10. The second-order valence-electron chi connectivity index (χ2n) is 5.09. The van der Waals surface area contributed by atoms with E-state index in [1.807, 2.05) is 42.3 Å². The van der Waals surface area contributed by atoms with Crippen LogP contribution < -0.4 is 5.32 Å². The topological polar surface area (TPSA) is 51.9 Å². The van der Waals surface area contributed by atoms with Crippen LogP contribution >= 0.6 is 15.9 Å². The Labute approximate surface area is 133 Å². The number of carbonyl (C=O) groups excluding carboxylic acids is 1. The van der Waals surface area contributed by atoms with Gasteiger partial charge in [0, 0.05) is 36.0 Å². The Morgan fingerprint density at radius 3 is 2.76 bits per heavy atom. The summed E-state index contributed by atoms with van der Waals surface area (Å²) in [6.07, 6.45) is 2.78. The molecule has 2 aromatic rings. The first-order chi connectivity index (χ1) is 10.0. The highest BCUT2D eigenvalue weighted by atomic mass is 79.9. The molecule has 2 heterocycles. The Balaban J connectivity index is 1.83. The summed E-state index contributed by atoms with van der Waals surface area (Å²) in [5, 5.41) is 7.37. The van der Waals surface area contributed by atoms with E-state index in [0.29, 0.717) is 12.2 Å². The smallest absolute Gasteiger partial charge is 0.267 e. The van der Waals surface area contributed by atoms with Crippen LogP contribution in [-0.2, 0) is 13.1 Å². The zero-order chi connectivity index (χ0) is 15.4. The summed E-state index contributed by atoms with van der Waals surface area (Å²) >= 11 is 3.40. The van der Waals surface area contributed by atoms with E-state index in [-0.39, 0.29) is 5.91 Å². The van der Waals surface area contributed by atoms with E-state index in [1.165, 1.54) is 0 Å². The molecule has 21 heavy (non-hydrogen) atoms. The molecule has 0 fully saturated rings. The molecule has 1 amide bonds. The first-order valence-electron chi connectivity index (χ1n) is 7.16. The molecule has 6 heteroatoms. The monoisotopic (exact) mass is 352 g/mol. The minimum atomic E-state index is -0.0316. The summed E-state index contributed by atoms with van der Waals surface area (Å²) in [5.41, 5.74) is 2.88. The Kier molecular flexibility index (Phi) is 5.22. The summed E-state index contributed by atoms with van der Waals surface area (Å²) in [6.45, 7) is 8.29. The maximum Gasteiger partial charge on any atom is 0.267 e. The van der Waals surface area contributed by atoms with Crippen LogP contribution in [0.5, 0.6) is 0 Å². The molecule has 0 saturated carbocycles. The van der Waals surface area contributed by atoms with Gasteiger partial charge in [-0.3, -0.25) is 9.48 Å². The zero-order valence-corrected chi connectivity index (χ0v) is 14.3. The van der Waals surface area contributed by atoms with Crippen LogP contribution in [0.2, 0.25) is 0 Å². The van der Waals surface area contributed by atoms with Crippen molar-refractivity contribution in [3.63, 3.8) is 0 Å². The van der Waals surface area contributed by atoms with Crippen LogP contribution in [-0.4, -0.2) is 26.8 Å². The fourth-order valence-corrected chi connectivity index (χ4v) is 2.81. The number of hydrogen-bond acceptors (Lipinski definition) is 2. The lowest BCUT2D eigenvalue weighted by atomic mass is 10.3. The third kappa shape index (κ3) is 3.97. The van der Waals surface area contributed by atoms with Crippen LogP contribution in [0.3, 0.4) is 0 Å². The van der Waals surface area contributed by atoms with Crippen LogP contribution in [0.4, 0.5) is 0 Å². The van der Waals surface area contributed by atoms with Gasteiger partial charge >= 0.3 is 0 Å². The molecule has 2 aromatic heterocycles. The van der Waals surface area contributed by atoms with E-state index in [2.05, 4.69) is 32.4 Å². The summed E-state index contributed by atoms with van der Waals surface area (Å²) in [5.74, 6) is -0.0316. The van der Waals surface area contributed by atoms with Crippen molar-refractivity contribution in [2.75, 3.05) is 6.54 Å². The molecule has 0 atom stereocenters. The normalized spacial score (nSPS) is 10.9. The third-order valence-electron chi connectivity index (χ3n) is 3.37. The standard InChI is InChI=1S/C15H21BrN4O/c1-4-19-10-13(16)9-14(19)15(21)17-6-5-7-20-12(3)8-11(2)18-20/h8-10H,4-7H2,1-3H3,(H,17,21). The van der Waals surface area contributed by atoms with Gasteiger partial charge in [-0.1, -0.05) is 0 Å². The highest BCUT2D eigenvalue weighted by Crippen LogP contribution is 2.14. The van der Waals surface area contributed by atoms with Gasteiger partial charge in [-0.2, -0.15) is 5.10 Å². The van der Waals surface area contributed by atoms with E-state index in [4.69, 9.17) is 0 Å².